The fraction of sp³-hybridized carbons (Fsp3) is 0.600. The lowest BCUT2D eigenvalue weighted by Crippen LogP contribution is -2.40. The minimum absolute atomic E-state index is 0.0648. The Balaban J connectivity index is 2.36. The highest BCUT2D eigenvalue weighted by Crippen LogP contribution is 2.19. The fourth-order valence-corrected chi connectivity index (χ4v) is 2.32. The number of nitrogens with one attached hydrogen (secondary N) is 1. The molecule has 1 N–H and O–H groups in total. The van der Waals surface area contributed by atoms with Crippen molar-refractivity contribution >= 4 is 10.3 Å². The van der Waals surface area contributed by atoms with E-state index in [1.807, 2.05) is 0 Å². The Morgan fingerprint density at radius 2 is 2.45 bits per heavy atom. The summed E-state index contributed by atoms with van der Waals surface area (Å²) in [5.74, 6) is 0. The first kappa shape index (κ1) is 6.93. The van der Waals surface area contributed by atoms with Gasteiger partial charge in [-0.1, -0.05) is 0 Å². The van der Waals surface area contributed by atoms with E-state index in [4.69, 9.17) is 0 Å². The van der Waals surface area contributed by atoms with Gasteiger partial charge in [0.15, 0.2) is 0 Å². The molecule has 5 nitrogen and oxygen atoms in total. The van der Waals surface area contributed by atoms with Crippen molar-refractivity contribution in [2.75, 3.05) is 13.2 Å². The standard InChI is InChI=1S/C5H8N2O3S/c8-11(9)7-2-1-6-3-5(7)4-10-11/h1-2,5-6H,3-4H2/t5-/m1/s1. The van der Waals surface area contributed by atoms with E-state index in [0.717, 1.165) is 0 Å². The maximum absolute atomic E-state index is 11.0. The molecule has 2 aliphatic heterocycles. The highest BCUT2D eigenvalue weighted by Gasteiger charge is 2.37. The van der Waals surface area contributed by atoms with E-state index >= 15 is 0 Å². The summed E-state index contributed by atoms with van der Waals surface area (Å²) in [6, 6.07) is -0.0648. The first-order valence-corrected chi connectivity index (χ1v) is 4.64. The van der Waals surface area contributed by atoms with Crippen molar-refractivity contribution in [2.24, 2.45) is 0 Å². The van der Waals surface area contributed by atoms with Gasteiger partial charge in [-0.2, -0.15) is 8.42 Å². The van der Waals surface area contributed by atoms with Crippen LogP contribution in [0, 0.1) is 0 Å². The van der Waals surface area contributed by atoms with Crippen molar-refractivity contribution in [2.45, 2.75) is 6.04 Å². The summed E-state index contributed by atoms with van der Waals surface area (Å²) in [6.45, 7) is 0.870. The van der Waals surface area contributed by atoms with E-state index in [-0.39, 0.29) is 12.6 Å². The molecule has 6 heteroatoms. The molecule has 0 saturated carbocycles. The van der Waals surface area contributed by atoms with Gasteiger partial charge in [0, 0.05) is 18.9 Å². The van der Waals surface area contributed by atoms with Crippen LogP contribution in [0.15, 0.2) is 12.4 Å². The first-order valence-electron chi connectivity index (χ1n) is 3.28. The highest BCUT2D eigenvalue weighted by molar-refractivity contribution is 7.84. The predicted octanol–water partition coefficient (Wildman–Crippen LogP) is -0.994. The van der Waals surface area contributed by atoms with Gasteiger partial charge < -0.3 is 5.32 Å². The zero-order valence-corrected chi connectivity index (χ0v) is 6.54. The van der Waals surface area contributed by atoms with Gasteiger partial charge in [-0.25, -0.2) is 4.31 Å². The third-order valence-electron chi connectivity index (χ3n) is 1.72. The average molecular weight is 176 g/mol. The van der Waals surface area contributed by atoms with Crippen LogP contribution in [0.25, 0.3) is 0 Å². The molecule has 1 atom stereocenters. The molecule has 0 radical (unpaired) electrons. The van der Waals surface area contributed by atoms with Gasteiger partial charge in [0.05, 0.1) is 12.6 Å². The van der Waals surface area contributed by atoms with Crippen molar-refractivity contribution in [1.82, 2.24) is 9.62 Å². The van der Waals surface area contributed by atoms with Crippen LogP contribution in [-0.4, -0.2) is 31.9 Å². The summed E-state index contributed by atoms with van der Waals surface area (Å²) >= 11 is 0. The topological polar surface area (TPSA) is 58.6 Å². The van der Waals surface area contributed by atoms with Crippen LogP contribution < -0.4 is 5.32 Å². The minimum Gasteiger partial charge on any atom is -0.387 e. The van der Waals surface area contributed by atoms with Crippen LogP contribution in [0.2, 0.25) is 0 Å². The maximum Gasteiger partial charge on any atom is 0.362 e. The Morgan fingerprint density at radius 1 is 1.64 bits per heavy atom. The van der Waals surface area contributed by atoms with E-state index in [1.54, 1.807) is 6.20 Å². The van der Waals surface area contributed by atoms with Crippen LogP contribution in [0.5, 0.6) is 0 Å². The third kappa shape index (κ3) is 0.982. The first-order chi connectivity index (χ1) is 5.20. The Bertz CT molecular complexity index is 284. The van der Waals surface area contributed by atoms with E-state index in [1.165, 1.54) is 10.5 Å². The van der Waals surface area contributed by atoms with Crippen molar-refractivity contribution in [3.05, 3.63) is 12.4 Å². The van der Waals surface area contributed by atoms with Gasteiger partial charge in [0.25, 0.3) is 0 Å². The maximum atomic E-state index is 11.0. The molecule has 1 saturated heterocycles. The van der Waals surface area contributed by atoms with Gasteiger partial charge in [0.2, 0.25) is 0 Å². The molecule has 2 aliphatic rings. The van der Waals surface area contributed by atoms with E-state index in [2.05, 4.69) is 9.50 Å². The Morgan fingerprint density at radius 3 is 3.18 bits per heavy atom. The summed E-state index contributed by atoms with van der Waals surface area (Å²) in [5, 5.41) is 2.93. The largest absolute Gasteiger partial charge is 0.387 e. The van der Waals surface area contributed by atoms with Gasteiger partial charge in [-0.15, -0.1) is 0 Å². The van der Waals surface area contributed by atoms with Crippen molar-refractivity contribution in [3.63, 3.8) is 0 Å². The van der Waals surface area contributed by atoms with Gasteiger partial charge >= 0.3 is 10.3 Å². The van der Waals surface area contributed by atoms with Crippen molar-refractivity contribution in [3.8, 4) is 0 Å². The molecule has 0 aliphatic carbocycles. The molecule has 0 aromatic heterocycles. The minimum atomic E-state index is -3.44. The predicted molar refractivity (Wildman–Crippen MR) is 37.6 cm³/mol. The Hall–Kier alpha value is -0.750. The second kappa shape index (κ2) is 2.12. The van der Waals surface area contributed by atoms with E-state index in [9.17, 15) is 8.42 Å². The van der Waals surface area contributed by atoms with Gasteiger partial charge in [-0.05, 0) is 0 Å². The van der Waals surface area contributed by atoms with E-state index in [0.29, 0.717) is 6.54 Å². The lowest BCUT2D eigenvalue weighted by atomic mass is 10.3. The number of hydrogen-bond donors (Lipinski definition) is 1. The summed E-state index contributed by atoms with van der Waals surface area (Å²) in [7, 11) is -3.44. The molecule has 0 bridgehead atoms. The fourth-order valence-electron chi connectivity index (χ4n) is 1.16. The van der Waals surface area contributed by atoms with Crippen LogP contribution in [0.4, 0.5) is 0 Å². The molecular formula is C5H8N2O3S. The zero-order chi connectivity index (χ0) is 7.90. The Kier molecular flexibility index (Phi) is 1.33. The van der Waals surface area contributed by atoms with Gasteiger partial charge in [0.1, 0.15) is 0 Å². The van der Waals surface area contributed by atoms with Crippen LogP contribution >= 0.6 is 0 Å². The molecule has 0 aromatic rings. The molecular weight excluding hydrogens is 168 g/mol. The summed E-state index contributed by atoms with van der Waals surface area (Å²) < 4.78 is 27.9. The monoisotopic (exact) mass is 176 g/mol. The van der Waals surface area contributed by atoms with Crippen LogP contribution in [0.1, 0.15) is 0 Å². The number of fused-ring (bicyclic) bond motifs is 1. The SMILES string of the molecule is O=S1(=O)OC[C@H]2CNC=CN21. The zero-order valence-electron chi connectivity index (χ0n) is 5.73. The van der Waals surface area contributed by atoms with E-state index < -0.39 is 10.3 Å². The molecule has 11 heavy (non-hydrogen) atoms. The molecule has 1 fully saturated rings. The number of nitrogens with zero attached hydrogens (tertiary/aromatic N) is 1. The number of rotatable bonds is 0. The molecule has 2 rings (SSSR count). The normalized spacial score (nSPS) is 33.1. The lowest BCUT2D eigenvalue weighted by molar-refractivity contribution is 0.320. The van der Waals surface area contributed by atoms with Crippen molar-refractivity contribution in [1.29, 1.82) is 0 Å². The summed E-state index contributed by atoms with van der Waals surface area (Å²) in [4.78, 5) is 0. The summed E-state index contributed by atoms with van der Waals surface area (Å²) in [5.41, 5.74) is 0. The Labute approximate surface area is 64.9 Å². The third-order valence-corrected chi connectivity index (χ3v) is 3.09. The molecule has 62 valence electrons. The molecule has 0 unspecified atom stereocenters. The second-order valence-corrected chi connectivity index (χ2v) is 3.96. The highest BCUT2D eigenvalue weighted by atomic mass is 32.2. The lowest BCUT2D eigenvalue weighted by Gasteiger charge is -2.22. The molecule has 2 heterocycles. The van der Waals surface area contributed by atoms with Gasteiger partial charge in [-0.3, -0.25) is 4.18 Å². The van der Waals surface area contributed by atoms with Crippen LogP contribution in [-0.2, 0) is 14.5 Å². The molecule has 0 spiro atoms. The average Bonchev–Trinajstić information content (AvgIpc) is 2.29. The molecule has 0 aromatic carbocycles. The molecule has 0 amide bonds. The smallest absolute Gasteiger partial charge is 0.362 e. The summed E-state index contributed by atoms with van der Waals surface area (Å²) in [6.07, 6.45) is 3.08. The second-order valence-electron chi connectivity index (χ2n) is 2.45. The van der Waals surface area contributed by atoms with Crippen molar-refractivity contribution < 1.29 is 12.6 Å². The number of hydrogen-bond acceptors (Lipinski definition) is 4. The quantitative estimate of drug-likeness (QED) is 0.514. The van der Waals surface area contributed by atoms with Crippen LogP contribution in [0.3, 0.4) is 0 Å².